The SMILES string of the molecule is CSc1ccc(CN2CCCC3(CCCNC3)C2)cc1. The predicted octanol–water partition coefficient (Wildman–Crippen LogP) is 3.37. The van der Waals surface area contributed by atoms with Gasteiger partial charge in [-0.25, -0.2) is 0 Å². The highest BCUT2D eigenvalue weighted by atomic mass is 32.2. The molecule has 2 nitrogen and oxygen atoms in total. The molecular weight excluding hydrogens is 264 g/mol. The van der Waals surface area contributed by atoms with Gasteiger partial charge >= 0.3 is 0 Å². The molecule has 1 aromatic carbocycles. The molecule has 2 saturated heterocycles. The molecule has 0 radical (unpaired) electrons. The number of hydrogen-bond acceptors (Lipinski definition) is 3. The smallest absolute Gasteiger partial charge is 0.0233 e. The summed E-state index contributed by atoms with van der Waals surface area (Å²) < 4.78 is 0. The third kappa shape index (κ3) is 3.38. The molecule has 20 heavy (non-hydrogen) atoms. The van der Waals surface area contributed by atoms with Crippen LogP contribution in [0.2, 0.25) is 0 Å². The van der Waals surface area contributed by atoms with Crippen LogP contribution in [0.1, 0.15) is 31.2 Å². The number of rotatable bonds is 3. The highest BCUT2D eigenvalue weighted by Gasteiger charge is 2.36. The Kier molecular flexibility index (Phi) is 4.69. The first-order valence-electron chi connectivity index (χ1n) is 7.86. The topological polar surface area (TPSA) is 15.3 Å². The Hall–Kier alpha value is -0.510. The summed E-state index contributed by atoms with van der Waals surface area (Å²) >= 11 is 1.82. The highest BCUT2D eigenvalue weighted by molar-refractivity contribution is 7.98. The van der Waals surface area contributed by atoms with Gasteiger partial charge in [-0.2, -0.15) is 0 Å². The third-order valence-electron chi connectivity index (χ3n) is 4.87. The van der Waals surface area contributed by atoms with Crippen LogP contribution < -0.4 is 5.32 Å². The van der Waals surface area contributed by atoms with Crippen LogP contribution in [0.4, 0.5) is 0 Å². The van der Waals surface area contributed by atoms with E-state index in [2.05, 4.69) is 40.7 Å². The van der Waals surface area contributed by atoms with Gasteiger partial charge in [0.05, 0.1) is 0 Å². The highest BCUT2D eigenvalue weighted by Crippen LogP contribution is 2.36. The van der Waals surface area contributed by atoms with Crippen molar-refractivity contribution in [2.24, 2.45) is 5.41 Å². The molecule has 1 spiro atoms. The van der Waals surface area contributed by atoms with Crippen molar-refractivity contribution in [1.29, 1.82) is 0 Å². The summed E-state index contributed by atoms with van der Waals surface area (Å²) in [4.78, 5) is 4.03. The van der Waals surface area contributed by atoms with Gasteiger partial charge in [-0.15, -0.1) is 11.8 Å². The molecule has 3 rings (SSSR count). The van der Waals surface area contributed by atoms with E-state index in [0.29, 0.717) is 5.41 Å². The van der Waals surface area contributed by atoms with Crippen molar-refractivity contribution >= 4 is 11.8 Å². The van der Waals surface area contributed by atoms with Gasteiger partial charge in [0, 0.05) is 24.5 Å². The van der Waals surface area contributed by atoms with Crippen LogP contribution in [0.3, 0.4) is 0 Å². The fourth-order valence-electron chi connectivity index (χ4n) is 3.81. The van der Waals surface area contributed by atoms with Crippen molar-refractivity contribution in [2.45, 2.75) is 37.1 Å². The maximum Gasteiger partial charge on any atom is 0.0233 e. The Morgan fingerprint density at radius 1 is 1.20 bits per heavy atom. The summed E-state index contributed by atoms with van der Waals surface area (Å²) in [6.07, 6.45) is 7.70. The average molecular weight is 290 g/mol. The second-order valence-corrected chi connectivity index (χ2v) is 7.32. The third-order valence-corrected chi connectivity index (χ3v) is 5.61. The van der Waals surface area contributed by atoms with E-state index < -0.39 is 0 Å². The molecule has 0 aromatic heterocycles. The minimum Gasteiger partial charge on any atom is -0.316 e. The van der Waals surface area contributed by atoms with E-state index in [0.717, 1.165) is 6.54 Å². The van der Waals surface area contributed by atoms with E-state index in [4.69, 9.17) is 0 Å². The molecule has 1 aromatic rings. The lowest BCUT2D eigenvalue weighted by Crippen LogP contribution is -2.50. The molecule has 1 unspecified atom stereocenters. The van der Waals surface area contributed by atoms with Gasteiger partial charge in [-0.3, -0.25) is 4.90 Å². The lowest BCUT2D eigenvalue weighted by atomic mass is 9.74. The quantitative estimate of drug-likeness (QED) is 0.859. The van der Waals surface area contributed by atoms with Gasteiger partial charge in [0.25, 0.3) is 0 Å². The minimum absolute atomic E-state index is 0.565. The van der Waals surface area contributed by atoms with Crippen LogP contribution >= 0.6 is 11.8 Å². The standard InChI is InChI=1S/C17H26N2S/c1-20-16-6-4-15(5-7-16)12-19-11-3-9-17(14-19)8-2-10-18-13-17/h4-7,18H,2-3,8-14H2,1H3. The Balaban J connectivity index is 1.61. The first-order chi connectivity index (χ1) is 9.80. The molecule has 2 fully saturated rings. The van der Waals surface area contributed by atoms with Crippen LogP contribution in [-0.4, -0.2) is 37.3 Å². The molecule has 2 aliphatic heterocycles. The van der Waals surface area contributed by atoms with E-state index in [1.165, 1.54) is 62.3 Å². The first kappa shape index (κ1) is 14.4. The van der Waals surface area contributed by atoms with E-state index in [1.807, 2.05) is 11.8 Å². The van der Waals surface area contributed by atoms with E-state index in [-0.39, 0.29) is 0 Å². The minimum atomic E-state index is 0.565. The van der Waals surface area contributed by atoms with Crippen molar-refractivity contribution < 1.29 is 0 Å². The summed E-state index contributed by atoms with van der Waals surface area (Å²) in [5.74, 6) is 0. The molecule has 0 bridgehead atoms. The van der Waals surface area contributed by atoms with E-state index in [9.17, 15) is 0 Å². The zero-order valence-electron chi connectivity index (χ0n) is 12.5. The maximum absolute atomic E-state index is 3.62. The Labute approximate surface area is 127 Å². The number of piperidine rings is 2. The maximum atomic E-state index is 3.62. The van der Waals surface area contributed by atoms with Gasteiger partial charge in [0.2, 0.25) is 0 Å². The molecule has 0 amide bonds. The molecule has 2 heterocycles. The van der Waals surface area contributed by atoms with Crippen molar-refractivity contribution in [2.75, 3.05) is 32.4 Å². The second-order valence-electron chi connectivity index (χ2n) is 6.44. The van der Waals surface area contributed by atoms with Crippen LogP contribution in [-0.2, 0) is 6.54 Å². The molecule has 2 aliphatic rings. The van der Waals surface area contributed by atoms with Crippen LogP contribution in [0.5, 0.6) is 0 Å². The van der Waals surface area contributed by atoms with Crippen molar-refractivity contribution in [3.05, 3.63) is 29.8 Å². The predicted molar refractivity (Wildman–Crippen MR) is 87.3 cm³/mol. The molecule has 110 valence electrons. The number of hydrogen-bond donors (Lipinski definition) is 1. The summed E-state index contributed by atoms with van der Waals surface area (Å²) in [6, 6.07) is 9.10. The second kappa shape index (κ2) is 6.50. The molecule has 0 aliphatic carbocycles. The number of benzene rings is 1. The van der Waals surface area contributed by atoms with Crippen molar-refractivity contribution in [1.82, 2.24) is 10.2 Å². The fraction of sp³-hybridized carbons (Fsp3) is 0.647. The number of nitrogens with zero attached hydrogens (tertiary/aromatic N) is 1. The fourth-order valence-corrected chi connectivity index (χ4v) is 4.22. The van der Waals surface area contributed by atoms with Gasteiger partial charge in [0.1, 0.15) is 0 Å². The zero-order valence-corrected chi connectivity index (χ0v) is 13.3. The van der Waals surface area contributed by atoms with E-state index in [1.54, 1.807) is 0 Å². The number of likely N-dealkylation sites (tertiary alicyclic amines) is 1. The van der Waals surface area contributed by atoms with Crippen LogP contribution in [0.15, 0.2) is 29.2 Å². The first-order valence-corrected chi connectivity index (χ1v) is 9.08. The van der Waals surface area contributed by atoms with Crippen LogP contribution in [0.25, 0.3) is 0 Å². The molecule has 1 atom stereocenters. The lowest BCUT2D eigenvalue weighted by molar-refractivity contribution is 0.0600. The molecule has 1 N–H and O–H groups in total. The van der Waals surface area contributed by atoms with Gasteiger partial charge in [-0.05, 0) is 68.1 Å². The van der Waals surface area contributed by atoms with Gasteiger partial charge < -0.3 is 5.32 Å². The summed E-state index contributed by atoms with van der Waals surface area (Å²) in [5, 5.41) is 3.62. The normalized spacial score (nSPS) is 27.9. The lowest BCUT2D eigenvalue weighted by Gasteiger charge is -2.45. The largest absolute Gasteiger partial charge is 0.316 e. The number of thioether (sulfide) groups is 1. The Morgan fingerprint density at radius 3 is 2.70 bits per heavy atom. The zero-order chi connectivity index (χ0) is 13.8. The monoisotopic (exact) mass is 290 g/mol. The average Bonchev–Trinajstić information content (AvgIpc) is 2.49. The van der Waals surface area contributed by atoms with Gasteiger partial charge in [-0.1, -0.05) is 12.1 Å². The van der Waals surface area contributed by atoms with Crippen LogP contribution in [0, 0.1) is 5.41 Å². The molecule has 0 saturated carbocycles. The molecular formula is C17H26N2S. The van der Waals surface area contributed by atoms with Crippen molar-refractivity contribution in [3.8, 4) is 0 Å². The summed E-state index contributed by atoms with van der Waals surface area (Å²) in [7, 11) is 0. The van der Waals surface area contributed by atoms with Crippen molar-refractivity contribution in [3.63, 3.8) is 0 Å². The van der Waals surface area contributed by atoms with E-state index >= 15 is 0 Å². The Morgan fingerprint density at radius 2 is 2.00 bits per heavy atom. The Bertz CT molecular complexity index is 418. The van der Waals surface area contributed by atoms with Gasteiger partial charge in [0.15, 0.2) is 0 Å². The summed E-state index contributed by atoms with van der Waals surface area (Å²) in [6.45, 7) is 6.12. The molecule has 3 heteroatoms. The number of nitrogens with one attached hydrogen (secondary N) is 1. The summed E-state index contributed by atoms with van der Waals surface area (Å²) in [5.41, 5.74) is 2.03.